The Morgan fingerprint density at radius 1 is 1.21 bits per heavy atom. The van der Waals surface area contributed by atoms with Gasteiger partial charge in [-0.1, -0.05) is 30.3 Å². The molecule has 0 spiro atoms. The second-order valence-corrected chi connectivity index (χ2v) is 7.07. The molecule has 2 fully saturated rings. The summed E-state index contributed by atoms with van der Waals surface area (Å²) in [5, 5.41) is 3.37. The monoisotopic (exact) mass is 351 g/mol. The van der Waals surface area contributed by atoms with Gasteiger partial charge in [-0.05, 0) is 43.8 Å². The summed E-state index contributed by atoms with van der Waals surface area (Å²) in [6.45, 7) is 5.22. The van der Waals surface area contributed by atoms with Crippen molar-refractivity contribution in [2.45, 2.75) is 38.3 Å². The van der Waals surface area contributed by atoms with E-state index >= 15 is 0 Å². The van der Waals surface area contributed by atoms with Crippen molar-refractivity contribution in [3.63, 3.8) is 0 Å². The Hall–Kier alpha value is -1.10. The van der Waals surface area contributed by atoms with Crippen LogP contribution >= 0.6 is 12.4 Å². The van der Waals surface area contributed by atoms with E-state index in [1.165, 1.54) is 5.56 Å². The van der Waals surface area contributed by atoms with Crippen LogP contribution in [0.5, 0.6) is 0 Å². The number of nitrogens with one attached hydrogen (secondary N) is 1. The molecule has 1 unspecified atom stereocenters. The van der Waals surface area contributed by atoms with Crippen LogP contribution < -0.4 is 5.32 Å². The molecular weight excluding hydrogens is 322 g/mol. The van der Waals surface area contributed by atoms with E-state index in [2.05, 4.69) is 40.5 Å². The van der Waals surface area contributed by atoms with E-state index in [0.29, 0.717) is 17.9 Å². The van der Waals surface area contributed by atoms with Crippen LogP contribution in [0.4, 0.5) is 0 Å². The summed E-state index contributed by atoms with van der Waals surface area (Å²) < 4.78 is 0. The highest BCUT2D eigenvalue weighted by Gasteiger charge is 2.29. The molecule has 2 aliphatic heterocycles. The standard InChI is InChI=1S/C19H29N3O.ClH/c1-21(19(23)13-16-7-10-20-11-8-16)18-9-12-22(15-18)14-17-5-3-2-4-6-17;/h2-6,16,18,20H,7-15H2,1H3;1H. The van der Waals surface area contributed by atoms with Crippen molar-refractivity contribution in [3.8, 4) is 0 Å². The molecule has 1 atom stereocenters. The number of benzene rings is 1. The fourth-order valence-corrected chi connectivity index (χ4v) is 3.79. The lowest BCUT2D eigenvalue weighted by atomic mass is 9.94. The second-order valence-electron chi connectivity index (χ2n) is 7.07. The van der Waals surface area contributed by atoms with E-state index in [0.717, 1.165) is 58.4 Å². The number of halogens is 1. The maximum atomic E-state index is 12.6. The van der Waals surface area contributed by atoms with Gasteiger partial charge in [-0.25, -0.2) is 0 Å². The van der Waals surface area contributed by atoms with Gasteiger partial charge in [-0.3, -0.25) is 9.69 Å². The molecule has 0 bridgehead atoms. The van der Waals surface area contributed by atoms with Crippen molar-refractivity contribution in [1.82, 2.24) is 15.1 Å². The number of likely N-dealkylation sites (N-methyl/N-ethyl adjacent to an activating group) is 1. The third kappa shape index (κ3) is 5.20. The SMILES string of the molecule is CN(C(=O)CC1CCNCC1)C1CCN(Cc2ccccc2)C1.Cl. The number of piperidine rings is 1. The third-order valence-corrected chi connectivity index (χ3v) is 5.36. The van der Waals surface area contributed by atoms with Gasteiger partial charge in [0, 0.05) is 39.1 Å². The summed E-state index contributed by atoms with van der Waals surface area (Å²) in [5.74, 6) is 0.913. The number of hydrogen-bond acceptors (Lipinski definition) is 3. The van der Waals surface area contributed by atoms with E-state index < -0.39 is 0 Å². The van der Waals surface area contributed by atoms with Gasteiger partial charge in [-0.15, -0.1) is 12.4 Å². The zero-order chi connectivity index (χ0) is 16.1. The number of carbonyl (C=O) groups excluding carboxylic acids is 1. The summed E-state index contributed by atoms with van der Waals surface area (Å²) in [6, 6.07) is 11.0. The van der Waals surface area contributed by atoms with E-state index in [-0.39, 0.29) is 12.4 Å². The molecule has 24 heavy (non-hydrogen) atoms. The number of carbonyl (C=O) groups is 1. The minimum Gasteiger partial charge on any atom is -0.341 e. The lowest BCUT2D eigenvalue weighted by molar-refractivity contribution is -0.133. The van der Waals surface area contributed by atoms with Crippen LogP contribution in [-0.4, -0.2) is 55.0 Å². The molecule has 1 aromatic rings. The van der Waals surface area contributed by atoms with Gasteiger partial charge >= 0.3 is 0 Å². The van der Waals surface area contributed by atoms with Gasteiger partial charge in [-0.2, -0.15) is 0 Å². The van der Waals surface area contributed by atoms with Crippen LogP contribution in [0, 0.1) is 5.92 Å². The Labute approximate surface area is 152 Å². The molecule has 134 valence electrons. The first kappa shape index (κ1) is 19.2. The molecule has 2 aliphatic rings. The van der Waals surface area contributed by atoms with Gasteiger partial charge in [0.2, 0.25) is 5.91 Å². The number of nitrogens with zero attached hydrogens (tertiary/aromatic N) is 2. The summed E-state index contributed by atoms with van der Waals surface area (Å²) in [4.78, 5) is 17.0. The Bertz CT molecular complexity index is 505. The fraction of sp³-hybridized carbons (Fsp3) is 0.632. The van der Waals surface area contributed by atoms with Gasteiger partial charge in [0.15, 0.2) is 0 Å². The zero-order valence-corrected chi connectivity index (χ0v) is 15.4. The van der Waals surface area contributed by atoms with Crippen LogP contribution in [0.25, 0.3) is 0 Å². The highest BCUT2D eigenvalue weighted by atomic mass is 35.5. The van der Waals surface area contributed by atoms with Crippen molar-refractivity contribution in [1.29, 1.82) is 0 Å². The number of rotatable bonds is 5. The maximum absolute atomic E-state index is 12.6. The minimum atomic E-state index is 0. The Morgan fingerprint density at radius 2 is 1.92 bits per heavy atom. The van der Waals surface area contributed by atoms with Crippen LogP contribution in [0.2, 0.25) is 0 Å². The largest absolute Gasteiger partial charge is 0.341 e. The quantitative estimate of drug-likeness (QED) is 0.885. The van der Waals surface area contributed by atoms with Crippen LogP contribution in [0.3, 0.4) is 0 Å². The summed E-state index contributed by atoms with van der Waals surface area (Å²) in [5.41, 5.74) is 1.36. The average Bonchev–Trinajstić information content (AvgIpc) is 3.04. The predicted octanol–water partition coefficient (Wildman–Crippen LogP) is 2.53. The molecule has 1 N–H and O–H groups in total. The van der Waals surface area contributed by atoms with Crippen LogP contribution in [-0.2, 0) is 11.3 Å². The molecular formula is C19H30ClN3O. The first-order valence-corrected chi connectivity index (χ1v) is 8.95. The van der Waals surface area contributed by atoms with Crippen molar-refractivity contribution in [2.24, 2.45) is 5.92 Å². The molecule has 0 radical (unpaired) electrons. The van der Waals surface area contributed by atoms with E-state index in [4.69, 9.17) is 0 Å². The molecule has 1 aromatic carbocycles. The van der Waals surface area contributed by atoms with Crippen LogP contribution in [0.15, 0.2) is 30.3 Å². The molecule has 2 heterocycles. The Morgan fingerprint density at radius 3 is 2.62 bits per heavy atom. The minimum absolute atomic E-state index is 0. The normalized spacial score (nSPS) is 22.1. The second kappa shape index (κ2) is 9.40. The van der Waals surface area contributed by atoms with Gasteiger partial charge in [0.05, 0.1) is 0 Å². The molecule has 3 rings (SSSR count). The highest BCUT2D eigenvalue weighted by Crippen LogP contribution is 2.21. The summed E-state index contributed by atoms with van der Waals surface area (Å²) >= 11 is 0. The van der Waals surface area contributed by atoms with Crippen molar-refractivity contribution < 1.29 is 4.79 Å². The number of likely N-dealkylation sites (tertiary alicyclic amines) is 1. The lowest BCUT2D eigenvalue weighted by Gasteiger charge is -2.28. The van der Waals surface area contributed by atoms with Gasteiger partial charge in [0.1, 0.15) is 0 Å². The van der Waals surface area contributed by atoms with Gasteiger partial charge < -0.3 is 10.2 Å². The Balaban J connectivity index is 0.00000208. The molecule has 0 aliphatic carbocycles. The first-order chi connectivity index (χ1) is 11.2. The van der Waals surface area contributed by atoms with Gasteiger partial charge in [0.25, 0.3) is 0 Å². The highest BCUT2D eigenvalue weighted by molar-refractivity contribution is 5.85. The third-order valence-electron chi connectivity index (χ3n) is 5.36. The fourth-order valence-electron chi connectivity index (χ4n) is 3.79. The smallest absolute Gasteiger partial charge is 0.222 e. The average molecular weight is 352 g/mol. The van der Waals surface area contributed by atoms with Crippen LogP contribution in [0.1, 0.15) is 31.2 Å². The molecule has 1 amide bonds. The van der Waals surface area contributed by atoms with Crippen molar-refractivity contribution in [3.05, 3.63) is 35.9 Å². The summed E-state index contributed by atoms with van der Waals surface area (Å²) in [6.07, 6.45) is 4.11. The molecule has 2 saturated heterocycles. The maximum Gasteiger partial charge on any atom is 0.222 e. The molecule has 0 aromatic heterocycles. The Kier molecular flexibility index (Phi) is 7.53. The first-order valence-electron chi connectivity index (χ1n) is 8.95. The number of hydrogen-bond donors (Lipinski definition) is 1. The molecule has 0 saturated carbocycles. The summed E-state index contributed by atoms with van der Waals surface area (Å²) in [7, 11) is 2.00. The molecule has 4 nitrogen and oxygen atoms in total. The van der Waals surface area contributed by atoms with E-state index in [1.54, 1.807) is 0 Å². The number of amides is 1. The van der Waals surface area contributed by atoms with Crippen molar-refractivity contribution >= 4 is 18.3 Å². The molecule has 5 heteroatoms. The predicted molar refractivity (Wildman–Crippen MR) is 100 cm³/mol. The van der Waals surface area contributed by atoms with E-state index in [9.17, 15) is 4.79 Å². The topological polar surface area (TPSA) is 35.6 Å². The van der Waals surface area contributed by atoms with E-state index in [1.807, 2.05) is 11.9 Å². The zero-order valence-electron chi connectivity index (χ0n) is 14.6. The lowest BCUT2D eigenvalue weighted by Crippen LogP contribution is -2.40. The van der Waals surface area contributed by atoms with Crippen molar-refractivity contribution in [2.75, 3.05) is 33.2 Å².